The van der Waals surface area contributed by atoms with Gasteiger partial charge in [0.1, 0.15) is 0 Å². The normalized spacial score (nSPS) is 12.0. The van der Waals surface area contributed by atoms with E-state index >= 15 is 0 Å². The van der Waals surface area contributed by atoms with Crippen molar-refractivity contribution in [3.8, 4) is 11.1 Å². The van der Waals surface area contributed by atoms with E-state index in [-0.39, 0.29) is 6.85 Å². The summed E-state index contributed by atoms with van der Waals surface area (Å²) in [6, 6.07) is 44.2. The second kappa shape index (κ2) is 12.0. The van der Waals surface area contributed by atoms with Gasteiger partial charge in [-0.05, 0) is 97.9 Å². The fourth-order valence-corrected chi connectivity index (χ4v) is 7.01. The van der Waals surface area contributed by atoms with E-state index in [9.17, 15) is 0 Å². The molecule has 0 fully saturated rings. The first-order valence-corrected chi connectivity index (χ1v) is 15.9. The standard InChI is InChI=1S/C39H32BCl2N3/c1-25-21-26(2)39(27(3)22-25)40-33-23-28(43-36-15-9-7-13-34(36)41)17-19-31(33)32-20-18-29(44-37-16-10-8-14-35(37)42)24-38(32)45(40)30-11-5-4-6-12-30/h4-24,43-44H,1-3H3. The average Bonchev–Trinajstić information content (AvgIpc) is 3.03. The third-order valence-corrected chi connectivity index (χ3v) is 9.16. The maximum atomic E-state index is 6.57. The molecule has 45 heavy (non-hydrogen) atoms. The van der Waals surface area contributed by atoms with Crippen LogP contribution in [0.25, 0.3) is 11.1 Å². The van der Waals surface area contributed by atoms with Crippen LogP contribution in [0.3, 0.4) is 0 Å². The molecule has 1 heterocycles. The third-order valence-electron chi connectivity index (χ3n) is 8.50. The molecule has 0 unspecified atom stereocenters. The lowest BCUT2D eigenvalue weighted by molar-refractivity contribution is 1.32. The van der Waals surface area contributed by atoms with Crippen LogP contribution in [0.2, 0.25) is 10.0 Å². The number of aryl methyl sites for hydroxylation is 3. The van der Waals surface area contributed by atoms with E-state index in [1.54, 1.807) is 0 Å². The number of nitrogens with zero attached hydrogens (tertiary/aromatic N) is 1. The van der Waals surface area contributed by atoms with Gasteiger partial charge in [-0.2, -0.15) is 0 Å². The minimum atomic E-state index is -0.0842. The summed E-state index contributed by atoms with van der Waals surface area (Å²) in [7, 11) is 0. The Morgan fingerprint density at radius 2 is 1.09 bits per heavy atom. The minimum absolute atomic E-state index is 0.0842. The first kappa shape index (κ1) is 29.1. The van der Waals surface area contributed by atoms with E-state index < -0.39 is 0 Å². The first-order chi connectivity index (χ1) is 21.9. The Morgan fingerprint density at radius 1 is 0.556 bits per heavy atom. The second-order valence-electron chi connectivity index (χ2n) is 11.7. The number of halogens is 2. The van der Waals surface area contributed by atoms with Crippen LogP contribution in [0.4, 0.5) is 34.1 Å². The Hall–Kier alpha value is -4.64. The minimum Gasteiger partial charge on any atom is -0.376 e. The van der Waals surface area contributed by atoms with Crippen LogP contribution in [0.15, 0.2) is 127 Å². The van der Waals surface area contributed by atoms with Gasteiger partial charge in [-0.3, -0.25) is 0 Å². The number of hydrogen-bond acceptors (Lipinski definition) is 3. The summed E-state index contributed by atoms with van der Waals surface area (Å²) in [6.45, 7) is 6.55. The Bertz CT molecular complexity index is 2020. The predicted molar refractivity (Wildman–Crippen MR) is 196 cm³/mol. The molecule has 0 spiro atoms. The van der Waals surface area contributed by atoms with Gasteiger partial charge in [-0.15, -0.1) is 0 Å². The molecule has 6 aromatic carbocycles. The van der Waals surface area contributed by atoms with Gasteiger partial charge >= 0.3 is 6.85 Å². The van der Waals surface area contributed by atoms with Crippen molar-refractivity contribution in [3.63, 3.8) is 0 Å². The predicted octanol–water partition coefficient (Wildman–Crippen LogP) is 10.3. The summed E-state index contributed by atoms with van der Waals surface area (Å²) < 4.78 is 0. The molecule has 6 heteroatoms. The molecule has 2 N–H and O–H groups in total. The van der Waals surface area contributed by atoms with Crippen molar-refractivity contribution in [2.45, 2.75) is 20.8 Å². The molecule has 0 aliphatic carbocycles. The van der Waals surface area contributed by atoms with Gasteiger partial charge in [0.25, 0.3) is 0 Å². The van der Waals surface area contributed by atoms with E-state index in [4.69, 9.17) is 23.2 Å². The maximum Gasteiger partial charge on any atom is 0.329 e. The molecule has 0 radical (unpaired) electrons. The van der Waals surface area contributed by atoms with Crippen molar-refractivity contribution in [2.75, 3.05) is 15.4 Å². The van der Waals surface area contributed by atoms with Crippen LogP contribution < -0.4 is 26.4 Å². The zero-order chi connectivity index (χ0) is 31.1. The monoisotopic (exact) mass is 623 g/mol. The van der Waals surface area contributed by atoms with Crippen LogP contribution in [0, 0.1) is 20.8 Å². The highest BCUT2D eigenvalue weighted by molar-refractivity contribution is 6.91. The summed E-state index contributed by atoms with van der Waals surface area (Å²) in [6.07, 6.45) is 0. The van der Waals surface area contributed by atoms with Gasteiger partial charge in [-0.1, -0.05) is 107 Å². The summed E-state index contributed by atoms with van der Waals surface area (Å²) in [4.78, 5) is 2.49. The summed E-state index contributed by atoms with van der Waals surface area (Å²) in [5.74, 6) is 0. The van der Waals surface area contributed by atoms with Crippen LogP contribution in [0.5, 0.6) is 0 Å². The lowest BCUT2D eigenvalue weighted by Crippen LogP contribution is -2.59. The molecule has 7 rings (SSSR count). The second-order valence-corrected chi connectivity index (χ2v) is 12.5. The molecule has 0 amide bonds. The molecule has 6 aromatic rings. The van der Waals surface area contributed by atoms with Gasteiger partial charge in [0.15, 0.2) is 0 Å². The molecular formula is C39H32BCl2N3. The fourth-order valence-electron chi connectivity index (χ4n) is 6.65. The molecule has 0 saturated heterocycles. The molecule has 1 aliphatic rings. The van der Waals surface area contributed by atoms with E-state index in [0.29, 0.717) is 10.0 Å². The van der Waals surface area contributed by atoms with E-state index in [0.717, 1.165) is 34.1 Å². The van der Waals surface area contributed by atoms with E-state index in [2.05, 4.69) is 115 Å². The topological polar surface area (TPSA) is 27.3 Å². The number of rotatable bonds is 6. The van der Waals surface area contributed by atoms with Crippen LogP contribution in [-0.2, 0) is 0 Å². The van der Waals surface area contributed by atoms with Crippen molar-refractivity contribution in [1.29, 1.82) is 0 Å². The van der Waals surface area contributed by atoms with Crippen molar-refractivity contribution < 1.29 is 0 Å². The highest BCUT2D eigenvalue weighted by atomic mass is 35.5. The zero-order valence-corrected chi connectivity index (χ0v) is 26.9. The maximum absolute atomic E-state index is 6.57. The van der Waals surface area contributed by atoms with Crippen molar-refractivity contribution in [3.05, 3.63) is 154 Å². The molecule has 1 aliphatic heterocycles. The number of anilines is 6. The number of hydrogen-bond donors (Lipinski definition) is 2. The van der Waals surface area contributed by atoms with E-state index in [1.807, 2.05) is 48.5 Å². The van der Waals surface area contributed by atoms with Crippen LogP contribution in [0.1, 0.15) is 16.7 Å². The Balaban J connectivity index is 1.47. The molecule has 0 aromatic heterocycles. The molecule has 220 valence electrons. The number of para-hydroxylation sites is 3. The molecular weight excluding hydrogens is 592 g/mol. The SMILES string of the molecule is Cc1cc(C)c(B2c3cc(Nc4ccccc4Cl)ccc3-c3ccc(Nc4ccccc4Cl)cc3N2c2ccccc2)c(C)c1. The van der Waals surface area contributed by atoms with Gasteiger partial charge in [0.05, 0.1) is 21.4 Å². The van der Waals surface area contributed by atoms with E-state index in [1.165, 1.54) is 38.7 Å². The molecule has 0 saturated carbocycles. The van der Waals surface area contributed by atoms with Crippen LogP contribution >= 0.6 is 23.2 Å². The average molecular weight is 624 g/mol. The number of fused-ring (bicyclic) bond motifs is 3. The lowest BCUT2D eigenvalue weighted by Gasteiger charge is -2.40. The van der Waals surface area contributed by atoms with Gasteiger partial charge in [-0.25, -0.2) is 0 Å². The largest absolute Gasteiger partial charge is 0.376 e. The molecule has 0 atom stereocenters. The highest BCUT2D eigenvalue weighted by Crippen LogP contribution is 2.43. The zero-order valence-electron chi connectivity index (χ0n) is 25.4. The Labute approximate surface area is 275 Å². The molecule has 3 nitrogen and oxygen atoms in total. The van der Waals surface area contributed by atoms with Gasteiger partial charge in [0.2, 0.25) is 0 Å². The summed E-state index contributed by atoms with van der Waals surface area (Å²) >= 11 is 13.1. The fraction of sp³-hybridized carbons (Fsp3) is 0.0769. The third kappa shape index (κ3) is 5.57. The first-order valence-electron chi connectivity index (χ1n) is 15.1. The van der Waals surface area contributed by atoms with Crippen molar-refractivity contribution >= 4 is 75.1 Å². The number of nitrogens with one attached hydrogen (secondary N) is 2. The smallest absolute Gasteiger partial charge is 0.329 e. The highest BCUT2D eigenvalue weighted by Gasteiger charge is 2.39. The quantitative estimate of drug-likeness (QED) is 0.181. The molecule has 0 bridgehead atoms. The van der Waals surface area contributed by atoms with Gasteiger partial charge < -0.3 is 15.4 Å². The summed E-state index contributed by atoms with van der Waals surface area (Å²) in [5, 5.41) is 8.51. The van der Waals surface area contributed by atoms with Crippen LogP contribution in [-0.4, -0.2) is 6.85 Å². The van der Waals surface area contributed by atoms with Gasteiger partial charge in [0, 0.05) is 28.3 Å². The number of benzene rings is 6. The Kier molecular flexibility index (Phi) is 7.79. The van der Waals surface area contributed by atoms with Crippen molar-refractivity contribution in [2.24, 2.45) is 0 Å². The van der Waals surface area contributed by atoms with Crippen molar-refractivity contribution in [1.82, 2.24) is 0 Å². The lowest BCUT2D eigenvalue weighted by atomic mass is 9.44. The Morgan fingerprint density at radius 3 is 1.69 bits per heavy atom. The summed E-state index contributed by atoms with van der Waals surface area (Å²) in [5.41, 5.74) is 14.7.